The van der Waals surface area contributed by atoms with E-state index in [0.717, 1.165) is 12.8 Å². The van der Waals surface area contributed by atoms with E-state index in [4.69, 9.17) is 0 Å². The van der Waals surface area contributed by atoms with Crippen molar-refractivity contribution in [2.24, 2.45) is 0 Å². The molecule has 0 aliphatic carbocycles. The Kier molecular flexibility index (Phi) is 9.35. The SMILES string of the molecule is CCc1cc(-c2[cH-]c3ccccc3c2[Si](C)(C)c2c(-c3cc(CC)cc4ccccc34)[cH-]c3ccccc23)c2ccccc2c1.[Li+].[Li+]. The normalized spacial score (nSPS) is 11.7. The molecule has 0 saturated heterocycles. The van der Waals surface area contributed by atoms with Crippen LogP contribution in [-0.4, -0.2) is 8.07 Å². The zero-order chi connectivity index (χ0) is 30.7. The minimum Gasteiger partial charge on any atom is -0.137 e. The minimum atomic E-state index is -2.36. The van der Waals surface area contributed by atoms with Gasteiger partial charge in [-0.2, -0.15) is 0 Å². The molecule has 8 aromatic carbocycles. The van der Waals surface area contributed by atoms with E-state index < -0.39 is 8.07 Å². The average molecular weight is 609 g/mol. The van der Waals surface area contributed by atoms with Crippen LogP contribution in [-0.2, 0) is 12.8 Å². The maximum Gasteiger partial charge on any atom is 1.00 e. The van der Waals surface area contributed by atoms with Gasteiger partial charge in [0.1, 0.15) is 0 Å². The van der Waals surface area contributed by atoms with Crippen molar-refractivity contribution in [1.82, 2.24) is 0 Å². The molecule has 0 bridgehead atoms. The molecule has 0 fully saturated rings. The predicted molar refractivity (Wildman–Crippen MR) is 200 cm³/mol. The first-order valence-corrected chi connectivity index (χ1v) is 19.4. The summed E-state index contributed by atoms with van der Waals surface area (Å²) in [5.41, 5.74) is 8.33. The number of aryl methyl sites for hydroxylation is 2. The first kappa shape index (κ1) is 33.4. The molecule has 0 unspecified atom stereocenters. The van der Waals surface area contributed by atoms with Gasteiger partial charge in [-0.25, -0.2) is 0 Å². The van der Waals surface area contributed by atoms with Gasteiger partial charge in [0.05, 0.1) is 0 Å². The minimum absolute atomic E-state index is 0. The molecule has 0 saturated carbocycles. The van der Waals surface area contributed by atoms with Crippen molar-refractivity contribution in [2.75, 3.05) is 0 Å². The number of hydrogen-bond acceptors (Lipinski definition) is 0. The van der Waals surface area contributed by atoms with Crippen molar-refractivity contribution in [3.05, 3.63) is 145 Å². The Labute approximate surface area is 303 Å². The molecule has 0 aliphatic rings. The Morgan fingerprint density at radius 3 is 1.23 bits per heavy atom. The average Bonchev–Trinajstić information content (AvgIpc) is 3.67. The van der Waals surface area contributed by atoms with E-state index in [1.165, 1.54) is 76.5 Å². The van der Waals surface area contributed by atoms with E-state index >= 15 is 0 Å². The van der Waals surface area contributed by atoms with Crippen LogP contribution in [0.2, 0.25) is 13.1 Å². The van der Waals surface area contributed by atoms with Crippen LogP contribution in [0.4, 0.5) is 0 Å². The van der Waals surface area contributed by atoms with E-state index in [2.05, 4.69) is 160 Å². The van der Waals surface area contributed by atoms with Crippen molar-refractivity contribution in [3.63, 3.8) is 0 Å². The summed E-state index contributed by atoms with van der Waals surface area (Å²) in [6.07, 6.45) is 2.04. The van der Waals surface area contributed by atoms with Gasteiger partial charge in [-0.1, -0.05) is 158 Å². The predicted octanol–water partition coefficient (Wildman–Crippen LogP) is 5.03. The molecule has 0 aliphatic heterocycles. The Morgan fingerprint density at radius 1 is 0.468 bits per heavy atom. The van der Waals surface area contributed by atoms with Gasteiger partial charge in [0, 0.05) is 8.07 Å². The second kappa shape index (κ2) is 13.2. The molecule has 0 radical (unpaired) electrons. The van der Waals surface area contributed by atoms with E-state index in [1.807, 2.05) is 0 Å². The molecule has 8 aromatic rings. The van der Waals surface area contributed by atoms with Gasteiger partial charge in [-0.3, -0.25) is 0 Å². The first-order valence-electron chi connectivity index (χ1n) is 16.4. The molecule has 3 heteroatoms. The monoisotopic (exact) mass is 608 g/mol. The second-order valence-corrected chi connectivity index (χ2v) is 17.4. The topological polar surface area (TPSA) is 0 Å². The number of fused-ring (bicyclic) bond motifs is 4. The second-order valence-electron chi connectivity index (χ2n) is 13.1. The molecule has 8 rings (SSSR count). The molecular formula is C44H38Li2Si. The van der Waals surface area contributed by atoms with Gasteiger partial charge in [0.25, 0.3) is 0 Å². The van der Waals surface area contributed by atoms with Crippen LogP contribution in [0.3, 0.4) is 0 Å². The Hall–Kier alpha value is -3.53. The zero-order valence-electron chi connectivity index (χ0n) is 28.6. The first-order chi connectivity index (χ1) is 22.0. The number of hydrogen-bond donors (Lipinski definition) is 0. The van der Waals surface area contributed by atoms with E-state index in [-0.39, 0.29) is 37.7 Å². The summed E-state index contributed by atoms with van der Waals surface area (Å²) in [6.45, 7) is 9.74. The van der Waals surface area contributed by atoms with E-state index in [0.29, 0.717) is 0 Å². The van der Waals surface area contributed by atoms with Crippen LogP contribution in [0, 0.1) is 0 Å². The van der Waals surface area contributed by atoms with Crippen LogP contribution in [0.25, 0.3) is 65.3 Å². The fourth-order valence-electron chi connectivity index (χ4n) is 7.94. The molecule has 0 atom stereocenters. The molecule has 0 N–H and O–H groups in total. The molecule has 0 aromatic heterocycles. The summed E-state index contributed by atoms with van der Waals surface area (Å²) < 4.78 is 0. The standard InChI is InChI=1S/C44H38Si.2Li/c1-5-29-23-31-15-7-11-19-35(31)39(25-29)41-27-33-17-9-13-21-37(33)43(41)45(3,4)44-38-22-14-10-18-34(38)28-42(44)40-26-30(6-2)24-32-16-8-12-20-36(32)40;;/h7-28H,5-6H2,1-4H3;;/q-2;2*+1. The molecule has 0 amide bonds. The fraction of sp³-hybridized carbons (Fsp3) is 0.136. The summed E-state index contributed by atoms with van der Waals surface area (Å²) in [7, 11) is -2.36. The smallest absolute Gasteiger partial charge is 0.137 e. The zero-order valence-corrected chi connectivity index (χ0v) is 29.6. The summed E-state index contributed by atoms with van der Waals surface area (Å²) in [6, 6.07) is 50.7. The summed E-state index contributed by atoms with van der Waals surface area (Å²) in [5, 5.41) is 13.9. The number of benzene rings is 6. The van der Waals surface area contributed by atoms with Crippen LogP contribution in [0.1, 0.15) is 25.0 Å². The third-order valence-corrected chi connectivity index (χ3v) is 13.7. The van der Waals surface area contributed by atoms with Gasteiger partial charge >= 0.3 is 37.7 Å². The summed E-state index contributed by atoms with van der Waals surface area (Å²) >= 11 is 0. The maximum absolute atomic E-state index is 2.60. The van der Waals surface area contributed by atoms with Crippen molar-refractivity contribution in [3.8, 4) is 22.3 Å². The maximum atomic E-state index is 2.60. The summed E-state index contributed by atoms with van der Waals surface area (Å²) in [4.78, 5) is 0. The Balaban J connectivity index is 0.00000193. The quantitative estimate of drug-likeness (QED) is 0.184. The molecular weight excluding hydrogens is 570 g/mol. The Morgan fingerprint density at radius 2 is 0.830 bits per heavy atom. The fourth-order valence-corrected chi connectivity index (χ4v) is 11.8. The van der Waals surface area contributed by atoms with Gasteiger partial charge < -0.3 is 0 Å². The van der Waals surface area contributed by atoms with Gasteiger partial charge in [0.15, 0.2) is 0 Å². The molecule has 220 valence electrons. The largest absolute Gasteiger partial charge is 1.00 e. The third kappa shape index (κ3) is 5.50. The Bertz CT molecular complexity index is 2220. The van der Waals surface area contributed by atoms with Gasteiger partial charge in [0.2, 0.25) is 0 Å². The molecule has 0 nitrogen and oxygen atoms in total. The third-order valence-electron chi connectivity index (χ3n) is 10.1. The van der Waals surface area contributed by atoms with Crippen molar-refractivity contribution < 1.29 is 37.7 Å². The molecule has 47 heavy (non-hydrogen) atoms. The summed E-state index contributed by atoms with van der Waals surface area (Å²) in [5.74, 6) is 0. The van der Waals surface area contributed by atoms with Gasteiger partial charge in [-0.05, 0) is 34.4 Å². The van der Waals surface area contributed by atoms with Crippen molar-refractivity contribution in [2.45, 2.75) is 39.8 Å². The van der Waals surface area contributed by atoms with Crippen LogP contribution in [0.15, 0.2) is 133 Å². The molecule has 0 heterocycles. The van der Waals surface area contributed by atoms with Crippen LogP contribution < -0.4 is 48.1 Å². The number of rotatable bonds is 6. The molecule has 0 spiro atoms. The van der Waals surface area contributed by atoms with Crippen LogP contribution >= 0.6 is 0 Å². The van der Waals surface area contributed by atoms with Crippen molar-refractivity contribution >= 4 is 61.5 Å². The van der Waals surface area contributed by atoms with Crippen LogP contribution in [0.5, 0.6) is 0 Å². The van der Waals surface area contributed by atoms with E-state index in [9.17, 15) is 0 Å². The van der Waals surface area contributed by atoms with Crippen molar-refractivity contribution in [1.29, 1.82) is 0 Å². The van der Waals surface area contributed by atoms with Gasteiger partial charge in [-0.15, -0.1) is 67.3 Å². The van der Waals surface area contributed by atoms with E-state index in [1.54, 1.807) is 10.4 Å².